The van der Waals surface area contributed by atoms with Crippen LogP contribution in [0.4, 0.5) is 14.6 Å². The number of morpholine rings is 2. The fourth-order valence-electron chi connectivity index (χ4n) is 4.50. The zero-order valence-corrected chi connectivity index (χ0v) is 16.5. The molecule has 0 spiro atoms. The molecule has 3 fully saturated rings. The van der Waals surface area contributed by atoms with Gasteiger partial charge in [0, 0.05) is 30.4 Å². The molecule has 0 saturated carbocycles. The van der Waals surface area contributed by atoms with Crippen molar-refractivity contribution in [1.29, 1.82) is 0 Å². The monoisotopic (exact) mass is 421 g/mol. The van der Waals surface area contributed by atoms with E-state index >= 15 is 0 Å². The lowest BCUT2D eigenvalue weighted by Crippen LogP contribution is -2.58. The highest BCUT2D eigenvalue weighted by atomic mass is 19.3. The van der Waals surface area contributed by atoms with Crippen LogP contribution in [0.25, 0.3) is 0 Å². The van der Waals surface area contributed by atoms with Crippen molar-refractivity contribution in [2.75, 3.05) is 45.3 Å². The average molecular weight is 421 g/mol. The number of alkyl halides is 2. The number of fused-ring (bicyclic) bond motifs is 2. The molecule has 5 rings (SSSR count). The molecular weight excluding hydrogens is 396 g/mol. The van der Waals surface area contributed by atoms with E-state index < -0.39 is 12.7 Å². The third-order valence-corrected chi connectivity index (χ3v) is 6.02. The number of pyridine rings is 1. The summed E-state index contributed by atoms with van der Waals surface area (Å²) in [5.41, 5.74) is 5.70. The first kappa shape index (κ1) is 19.6. The number of nitrogens with zero attached hydrogens (tertiary/aromatic N) is 5. The van der Waals surface area contributed by atoms with Crippen molar-refractivity contribution >= 4 is 17.6 Å². The van der Waals surface area contributed by atoms with Crippen LogP contribution >= 0.6 is 0 Å². The third-order valence-electron chi connectivity index (χ3n) is 6.02. The van der Waals surface area contributed by atoms with Crippen molar-refractivity contribution in [3.05, 3.63) is 23.4 Å². The molecule has 1 aromatic heterocycles. The molecule has 3 saturated heterocycles. The molecule has 162 valence electrons. The fourth-order valence-corrected chi connectivity index (χ4v) is 4.50. The van der Waals surface area contributed by atoms with Crippen LogP contribution in [0.1, 0.15) is 30.4 Å². The molecule has 2 bridgehead atoms. The number of hydrogen-bond donors (Lipinski definition) is 2. The van der Waals surface area contributed by atoms with Gasteiger partial charge >= 0.3 is 0 Å². The second-order valence-corrected chi connectivity index (χ2v) is 7.88. The Morgan fingerprint density at radius 1 is 1.10 bits per heavy atom. The number of nitrogens with one attached hydrogen (secondary N) is 1. The lowest BCUT2D eigenvalue weighted by molar-refractivity contribution is 0.0125. The van der Waals surface area contributed by atoms with Gasteiger partial charge in [-0.15, -0.1) is 0 Å². The second kappa shape index (κ2) is 8.05. The van der Waals surface area contributed by atoms with Crippen LogP contribution in [0.15, 0.2) is 22.2 Å². The Morgan fingerprint density at radius 2 is 1.83 bits per heavy atom. The van der Waals surface area contributed by atoms with Crippen molar-refractivity contribution in [1.82, 2.24) is 20.1 Å². The number of hydrogen-bond acceptors (Lipinski definition) is 9. The summed E-state index contributed by atoms with van der Waals surface area (Å²) in [6.45, 7) is 3.81. The van der Waals surface area contributed by atoms with Crippen LogP contribution in [-0.2, 0) is 9.47 Å². The minimum Gasteiger partial charge on any atom is -0.384 e. The highest BCUT2D eigenvalue weighted by Crippen LogP contribution is 2.31. The molecule has 0 aromatic carbocycles. The molecular formula is C19H25F2N7O2. The fraction of sp³-hybridized carbons (Fsp3) is 0.632. The minimum absolute atomic E-state index is 0.0512. The lowest BCUT2D eigenvalue weighted by Gasteiger charge is -2.40. The predicted molar refractivity (Wildman–Crippen MR) is 106 cm³/mol. The molecule has 4 aliphatic rings. The summed E-state index contributed by atoms with van der Waals surface area (Å²) in [5, 5.41) is 3.22. The number of aliphatic imine (C=N–C) groups is 2. The van der Waals surface area contributed by atoms with Gasteiger partial charge in [0.2, 0.25) is 12.2 Å². The number of halogens is 2. The maximum Gasteiger partial charge on any atom is 0.264 e. The van der Waals surface area contributed by atoms with Gasteiger partial charge in [-0.05, 0) is 18.9 Å². The number of nitrogen functional groups attached to an aromatic ring is 1. The van der Waals surface area contributed by atoms with Gasteiger partial charge in [-0.1, -0.05) is 0 Å². The number of aromatic nitrogens is 1. The predicted octanol–water partition coefficient (Wildman–Crippen LogP) is 0.786. The van der Waals surface area contributed by atoms with Crippen LogP contribution < -0.4 is 11.1 Å². The normalized spacial score (nSPS) is 29.6. The van der Waals surface area contributed by atoms with Gasteiger partial charge in [-0.2, -0.15) is 0 Å². The third kappa shape index (κ3) is 3.61. The van der Waals surface area contributed by atoms with Gasteiger partial charge in [0.25, 0.3) is 6.43 Å². The molecule has 0 radical (unpaired) electrons. The van der Waals surface area contributed by atoms with E-state index in [4.69, 9.17) is 20.2 Å². The molecule has 3 unspecified atom stereocenters. The van der Waals surface area contributed by atoms with Gasteiger partial charge in [-0.3, -0.25) is 4.90 Å². The van der Waals surface area contributed by atoms with E-state index in [-0.39, 0.29) is 29.0 Å². The molecule has 3 atom stereocenters. The Labute approximate surface area is 172 Å². The van der Waals surface area contributed by atoms with Gasteiger partial charge < -0.3 is 25.4 Å². The zero-order valence-electron chi connectivity index (χ0n) is 16.5. The van der Waals surface area contributed by atoms with E-state index in [0.717, 1.165) is 12.8 Å². The van der Waals surface area contributed by atoms with Crippen molar-refractivity contribution in [2.24, 2.45) is 9.98 Å². The van der Waals surface area contributed by atoms with Gasteiger partial charge in [0.05, 0.1) is 38.5 Å². The summed E-state index contributed by atoms with van der Waals surface area (Å²) in [6.07, 6.45) is 0.192. The van der Waals surface area contributed by atoms with E-state index in [1.807, 2.05) is 0 Å². The maximum atomic E-state index is 13.7. The smallest absolute Gasteiger partial charge is 0.264 e. The minimum atomic E-state index is -2.70. The number of guanidine groups is 1. The van der Waals surface area contributed by atoms with E-state index in [2.05, 4.69) is 25.1 Å². The van der Waals surface area contributed by atoms with E-state index in [1.165, 1.54) is 12.3 Å². The number of rotatable bonds is 3. The molecule has 30 heavy (non-hydrogen) atoms. The maximum absolute atomic E-state index is 13.7. The number of ether oxygens (including phenoxy) is 2. The Balaban J connectivity index is 1.52. The van der Waals surface area contributed by atoms with Gasteiger partial charge in [-0.25, -0.2) is 23.7 Å². The van der Waals surface area contributed by atoms with E-state index in [0.29, 0.717) is 51.3 Å². The van der Waals surface area contributed by atoms with Crippen molar-refractivity contribution in [3.63, 3.8) is 0 Å². The summed E-state index contributed by atoms with van der Waals surface area (Å²) in [4.78, 5) is 17.9. The molecule has 11 heteroatoms. The first-order chi connectivity index (χ1) is 14.6. The summed E-state index contributed by atoms with van der Waals surface area (Å²) in [5.74, 6) is 1.05. The number of anilines is 1. The largest absolute Gasteiger partial charge is 0.384 e. The molecule has 0 amide bonds. The molecule has 4 aliphatic heterocycles. The van der Waals surface area contributed by atoms with Crippen LogP contribution in [0.3, 0.4) is 0 Å². The first-order valence-corrected chi connectivity index (χ1v) is 10.2. The number of nitrogens with two attached hydrogens (primary N) is 1. The van der Waals surface area contributed by atoms with Gasteiger partial charge in [0.15, 0.2) is 0 Å². The van der Waals surface area contributed by atoms with Crippen LogP contribution in [-0.4, -0.2) is 84.5 Å². The molecule has 0 aliphatic carbocycles. The molecule has 3 N–H and O–H groups in total. The summed E-state index contributed by atoms with van der Waals surface area (Å²) >= 11 is 0. The molecule has 1 aromatic rings. The Morgan fingerprint density at radius 3 is 2.53 bits per heavy atom. The van der Waals surface area contributed by atoms with E-state index in [1.54, 1.807) is 0 Å². The first-order valence-electron chi connectivity index (χ1n) is 10.2. The zero-order chi connectivity index (χ0) is 20.7. The topological polar surface area (TPSA) is 101 Å². The lowest BCUT2D eigenvalue weighted by atomic mass is 10.1. The second-order valence-electron chi connectivity index (χ2n) is 7.88. The standard InChI is InChI=1S/C19H25F2N7O2/c20-16(21)13-7-15(22)23-8-14(13)17-24-18(27-3-5-29-6-4-27)26-19(25-17)28-11-1-2-12(28)10-30-9-11/h7-8,11-12,16,18H,1-6,9-10H2,(H2,22,23)(H,24,25,26). The SMILES string of the molecule is Nc1cc(C(F)F)c(C2=NC(N3CCOCC3)N=C(N3C4CCC3COC4)N2)cn1. The van der Waals surface area contributed by atoms with Gasteiger partial charge in [0.1, 0.15) is 11.7 Å². The van der Waals surface area contributed by atoms with E-state index in [9.17, 15) is 8.78 Å². The van der Waals surface area contributed by atoms with Crippen LogP contribution in [0.2, 0.25) is 0 Å². The molecule has 9 nitrogen and oxygen atoms in total. The van der Waals surface area contributed by atoms with Crippen molar-refractivity contribution < 1.29 is 18.3 Å². The Kier molecular flexibility index (Phi) is 5.25. The van der Waals surface area contributed by atoms with Crippen LogP contribution in [0, 0.1) is 0 Å². The summed E-state index contributed by atoms with van der Waals surface area (Å²) < 4.78 is 38.6. The highest BCUT2D eigenvalue weighted by Gasteiger charge is 2.41. The average Bonchev–Trinajstić information content (AvgIpc) is 3.02. The van der Waals surface area contributed by atoms with Crippen molar-refractivity contribution in [2.45, 2.75) is 37.6 Å². The summed E-state index contributed by atoms with van der Waals surface area (Å²) in [6, 6.07) is 1.65. The molecule has 5 heterocycles. The Bertz CT molecular complexity index is 843. The van der Waals surface area contributed by atoms with Crippen LogP contribution in [0.5, 0.6) is 0 Å². The number of amidine groups is 1. The summed E-state index contributed by atoms with van der Waals surface area (Å²) in [7, 11) is 0. The Hall–Kier alpha value is -2.37. The van der Waals surface area contributed by atoms with Crippen molar-refractivity contribution in [3.8, 4) is 0 Å². The quantitative estimate of drug-likeness (QED) is 0.744. The highest BCUT2D eigenvalue weighted by molar-refractivity contribution is 6.10.